The summed E-state index contributed by atoms with van der Waals surface area (Å²) in [4.78, 5) is 13.5. The number of hydrogen-bond acceptors (Lipinski definition) is 4. The Hall–Kier alpha value is -1.54. The Balaban J connectivity index is 3.01. The van der Waals surface area contributed by atoms with Crippen molar-refractivity contribution in [3.05, 3.63) is 12.7 Å². The molecule has 0 N–H and O–H groups in total. The first-order valence-corrected chi connectivity index (χ1v) is 5.84. The quantitative estimate of drug-likeness (QED) is 0.672. The normalized spacial score (nSPS) is 26.6. The lowest BCUT2D eigenvalue weighted by Crippen LogP contribution is -2.49. The predicted molar refractivity (Wildman–Crippen MR) is 66.6 cm³/mol. The maximum absolute atomic E-state index is 12.1. The summed E-state index contributed by atoms with van der Waals surface area (Å²) in [5.74, 6) is 0. The van der Waals surface area contributed by atoms with Crippen LogP contribution in [0.25, 0.3) is 0 Å². The molecule has 1 rings (SSSR count). The van der Waals surface area contributed by atoms with Crippen molar-refractivity contribution in [2.75, 3.05) is 0 Å². The van der Waals surface area contributed by atoms with Crippen LogP contribution in [0, 0.1) is 11.3 Å². The predicted octanol–water partition coefficient (Wildman–Crippen LogP) is 2.44. The topological polar surface area (TPSA) is 62.6 Å². The van der Waals surface area contributed by atoms with E-state index in [2.05, 4.69) is 12.6 Å². The van der Waals surface area contributed by atoms with Gasteiger partial charge in [-0.15, -0.1) is 6.58 Å². The number of ether oxygens (including phenoxy) is 2. The van der Waals surface area contributed by atoms with Gasteiger partial charge in [-0.1, -0.05) is 6.08 Å². The molecule has 0 spiro atoms. The van der Waals surface area contributed by atoms with Crippen molar-refractivity contribution in [1.82, 2.24) is 4.90 Å². The maximum Gasteiger partial charge on any atom is 0.413 e. The lowest BCUT2D eigenvalue weighted by Gasteiger charge is -2.33. The van der Waals surface area contributed by atoms with Gasteiger partial charge >= 0.3 is 6.09 Å². The highest BCUT2D eigenvalue weighted by atomic mass is 16.6. The van der Waals surface area contributed by atoms with Crippen LogP contribution in [0.2, 0.25) is 0 Å². The molecule has 18 heavy (non-hydrogen) atoms. The van der Waals surface area contributed by atoms with Crippen molar-refractivity contribution in [1.29, 1.82) is 5.26 Å². The van der Waals surface area contributed by atoms with Gasteiger partial charge in [-0.2, -0.15) is 5.26 Å². The number of hydrogen-bond donors (Lipinski definition) is 0. The number of carbonyl (C=O) groups is 1. The SMILES string of the molecule is C=CC1OC(C)(C)N(C(=O)OC(C)(C)C)C1C#N. The average Bonchev–Trinajstić information content (AvgIpc) is 2.45. The minimum absolute atomic E-state index is 0.502. The number of nitrogens with zero attached hydrogens (tertiary/aromatic N) is 2. The molecular weight excluding hydrogens is 232 g/mol. The Kier molecular flexibility index (Phi) is 3.72. The Bertz CT molecular complexity index is 390. The van der Waals surface area contributed by atoms with Gasteiger partial charge in [0.05, 0.1) is 6.07 Å². The van der Waals surface area contributed by atoms with Gasteiger partial charge < -0.3 is 9.47 Å². The fourth-order valence-corrected chi connectivity index (χ4v) is 1.89. The van der Waals surface area contributed by atoms with Gasteiger partial charge in [0.15, 0.2) is 6.04 Å². The molecule has 0 aromatic rings. The molecule has 1 amide bonds. The number of amides is 1. The molecule has 1 heterocycles. The van der Waals surface area contributed by atoms with Crippen LogP contribution in [0.5, 0.6) is 0 Å². The van der Waals surface area contributed by atoms with E-state index in [9.17, 15) is 10.1 Å². The molecule has 5 nitrogen and oxygen atoms in total. The lowest BCUT2D eigenvalue weighted by molar-refractivity contribution is -0.0707. The van der Waals surface area contributed by atoms with Crippen molar-refractivity contribution in [2.24, 2.45) is 0 Å². The summed E-state index contributed by atoms with van der Waals surface area (Å²) in [6, 6.07) is 1.35. The standard InChI is InChI=1S/C13H20N2O3/c1-7-10-9(8-14)15(13(5,6)17-10)11(16)18-12(2,3)4/h7,9-10H,1H2,2-6H3. The van der Waals surface area contributed by atoms with Crippen molar-refractivity contribution >= 4 is 6.09 Å². The lowest BCUT2D eigenvalue weighted by atomic mass is 10.1. The molecule has 0 aromatic heterocycles. The molecule has 5 heteroatoms. The van der Waals surface area contributed by atoms with Gasteiger partial charge in [-0.05, 0) is 34.6 Å². The van der Waals surface area contributed by atoms with Gasteiger partial charge in [0.25, 0.3) is 0 Å². The minimum Gasteiger partial charge on any atom is -0.444 e. The third-order valence-corrected chi connectivity index (χ3v) is 2.55. The van der Waals surface area contributed by atoms with Crippen molar-refractivity contribution in [3.8, 4) is 6.07 Å². The van der Waals surface area contributed by atoms with Gasteiger partial charge in [-0.25, -0.2) is 4.79 Å². The summed E-state index contributed by atoms with van der Waals surface area (Å²) in [6.07, 6.45) is 0.473. The van der Waals surface area contributed by atoms with E-state index in [4.69, 9.17) is 9.47 Å². The zero-order valence-electron chi connectivity index (χ0n) is 11.6. The molecule has 1 saturated heterocycles. The molecule has 0 bridgehead atoms. The first kappa shape index (κ1) is 14.5. The van der Waals surface area contributed by atoms with Gasteiger partial charge in [0.2, 0.25) is 0 Å². The molecule has 1 aliphatic heterocycles. The number of rotatable bonds is 1. The third kappa shape index (κ3) is 2.82. The summed E-state index contributed by atoms with van der Waals surface area (Å²) in [6.45, 7) is 12.4. The van der Waals surface area contributed by atoms with E-state index in [0.29, 0.717) is 0 Å². The second kappa shape index (κ2) is 4.62. The fraction of sp³-hybridized carbons (Fsp3) is 0.692. The van der Waals surface area contributed by atoms with Crippen LogP contribution in [0.3, 0.4) is 0 Å². The van der Waals surface area contributed by atoms with E-state index in [1.807, 2.05) is 0 Å². The molecule has 1 aliphatic rings. The van der Waals surface area contributed by atoms with Crippen LogP contribution in [-0.2, 0) is 9.47 Å². The van der Waals surface area contributed by atoms with E-state index < -0.39 is 29.6 Å². The highest BCUT2D eigenvalue weighted by molar-refractivity contribution is 5.70. The first-order valence-electron chi connectivity index (χ1n) is 5.84. The zero-order valence-corrected chi connectivity index (χ0v) is 11.6. The van der Waals surface area contributed by atoms with Crippen molar-refractivity contribution < 1.29 is 14.3 Å². The number of carbonyl (C=O) groups excluding carboxylic acids is 1. The molecule has 2 atom stereocenters. The summed E-state index contributed by atoms with van der Waals surface area (Å²) < 4.78 is 10.9. The molecule has 0 saturated carbocycles. The summed E-state index contributed by atoms with van der Waals surface area (Å²) in [5, 5.41) is 9.19. The van der Waals surface area contributed by atoms with E-state index in [0.717, 1.165) is 0 Å². The van der Waals surface area contributed by atoms with Crippen molar-refractivity contribution in [3.63, 3.8) is 0 Å². The third-order valence-electron chi connectivity index (χ3n) is 2.55. The monoisotopic (exact) mass is 252 g/mol. The smallest absolute Gasteiger partial charge is 0.413 e. The molecule has 0 aliphatic carbocycles. The van der Waals surface area contributed by atoms with E-state index in [1.165, 1.54) is 11.0 Å². The molecule has 0 radical (unpaired) electrons. The zero-order chi connectivity index (χ0) is 14.1. The van der Waals surface area contributed by atoms with Gasteiger partial charge in [0, 0.05) is 0 Å². The summed E-state index contributed by atoms with van der Waals surface area (Å²) >= 11 is 0. The Morgan fingerprint density at radius 3 is 2.50 bits per heavy atom. The van der Waals surface area contributed by atoms with Gasteiger partial charge in [0.1, 0.15) is 17.4 Å². The van der Waals surface area contributed by atoms with E-state index in [-0.39, 0.29) is 0 Å². The Morgan fingerprint density at radius 2 is 2.11 bits per heavy atom. The molecular formula is C13H20N2O3. The highest BCUT2D eigenvalue weighted by Crippen LogP contribution is 2.33. The number of nitriles is 1. The van der Waals surface area contributed by atoms with Gasteiger partial charge in [-0.3, -0.25) is 4.90 Å². The van der Waals surface area contributed by atoms with Crippen LogP contribution < -0.4 is 0 Å². The first-order chi connectivity index (χ1) is 8.12. The Labute approximate surface area is 108 Å². The van der Waals surface area contributed by atoms with E-state index in [1.54, 1.807) is 34.6 Å². The second-order valence-corrected chi connectivity index (χ2v) is 5.69. The van der Waals surface area contributed by atoms with Crippen LogP contribution in [0.15, 0.2) is 12.7 Å². The fourth-order valence-electron chi connectivity index (χ4n) is 1.89. The van der Waals surface area contributed by atoms with E-state index >= 15 is 0 Å². The maximum atomic E-state index is 12.1. The van der Waals surface area contributed by atoms with Crippen LogP contribution in [0.1, 0.15) is 34.6 Å². The summed E-state index contributed by atoms with van der Waals surface area (Å²) in [5.41, 5.74) is -1.50. The second-order valence-electron chi connectivity index (χ2n) is 5.69. The molecule has 1 fully saturated rings. The van der Waals surface area contributed by atoms with Crippen molar-refractivity contribution in [2.45, 2.75) is 58.1 Å². The average molecular weight is 252 g/mol. The highest BCUT2D eigenvalue weighted by Gasteiger charge is 2.50. The molecule has 2 unspecified atom stereocenters. The van der Waals surface area contributed by atoms with Crippen LogP contribution in [0.4, 0.5) is 4.79 Å². The molecule has 0 aromatic carbocycles. The van der Waals surface area contributed by atoms with Crippen LogP contribution >= 0.6 is 0 Å². The summed E-state index contributed by atoms with van der Waals surface area (Å²) in [7, 11) is 0. The minimum atomic E-state index is -0.887. The Morgan fingerprint density at radius 1 is 1.56 bits per heavy atom. The molecule has 100 valence electrons. The van der Waals surface area contributed by atoms with Crippen LogP contribution in [-0.4, -0.2) is 34.5 Å². The largest absolute Gasteiger partial charge is 0.444 e.